The highest BCUT2D eigenvalue weighted by Crippen LogP contribution is 2.45. The molecule has 1 aliphatic carbocycles. The molecule has 1 aliphatic heterocycles. The first-order valence-electron chi connectivity index (χ1n) is 9.36. The van der Waals surface area contributed by atoms with Gasteiger partial charge in [0, 0.05) is 17.5 Å². The number of rotatable bonds is 5. The molecule has 1 saturated heterocycles. The first-order chi connectivity index (χ1) is 13.2. The minimum absolute atomic E-state index is 0.107. The summed E-state index contributed by atoms with van der Waals surface area (Å²) >= 11 is 1.44. The summed E-state index contributed by atoms with van der Waals surface area (Å²) in [7, 11) is 3.27. The number of hydrogen-bond donors (Lipinski definition) is 2. The molecule has 1 amide bonds. The van der Waals surface area contributed by atoms with Gasteiger partial charge in [-0.3, -0.25) is 4.79 Å². The van der Waals surface area contributed by atoms with Crippen LogP contribution in [0.5, 0.6) is 11.5 Å². The first-order valence-corrected chi connectivity index (χ1v) is 10.2. The second kappa shape index (κ2) is 7.48. The van der Waals surface area contributed by atoms with Crippen molar-refractivity contribution in [3.8, 4) is 22.8 Å². The van der Waals surface area contributed by atoms with Crippen molar-refractivity contribution in [2.75, 3.05) is 32.6 Å². The molecule has 0 radical (unpaired) electrons. The van der Waals surface area contributed by atoms with Crippen LogP contribution in [0.25, 0.3) is 11.3 Å². The summed E-state index contributed by atoms with van der Waals surface area (Å²) in [5.74, 6) is 2.01. The van der Waals surface area contributed by atoms with Gasteiger partial charge in [-0.1, -0.05) is 12.8 Å². The highest BCUT2D eigenvalue weighted by atomic mass is 32.1. The Morgan fingerprint density at radius 2 is 2.22 bits per heavy atom. The Balaban J connectivity index is 1.56. The van der Waals surface area contributed by atoms with Gasteiger partial charge in [-0.15, -0.1) is 11.3 Å². The fourth-order valence-electron chi connectivity index (χ4n) is 4.38. The number of fused-ring (bicyclic) bond motifs is 1. The normalized spacial score (nSPS) is 24.3. The summed E-state index contributed by atoms with van der Waals surface area (Å²) in [6, 6.07) is 5.62. The van der Waals surface area contributed by atoms with E-state index in [2.05, 4.69) is 15.6 Å². The van der Waals surface area contributed by atoms with Crippen molar-refractivity contribution in [1.29, 1.82) is 0 Å². The molecule has 2 aliphatic rings. The number of nitrogens with zero attached hydrogens (tertiary/aromatic N) is 1. The third kappa shape index (κ3) is 3.30. The number of carbonyl (C=O) groups excluding carboxylic acids is 1. The monoisotopic (exact) mass is 387 g/mol. The highest BCUT2D eigenvalue weighted by Gasteiger charge is 2.50. The lowest BCUT2D eigenvalue weighted by molar-refractivity contribution is -0.128. The van der Waals surface area contributed by atoms with Crippen LogP contribution in [0.3, 0.4) is 0 Å². The Bertz CT molecular complexity index is 838. The molecule has 1 saturated carbocycles. The third-order valence-corrected chi connectivity index (χ3v) is 6.66. The van der Waals surface area contributed by atoms with Crippen molar-refractivity contribution in [1.82, 2.24) is 10.3 Å². The molecule has 6 nitrogen and oxygen atoms in total. The van der Waals surface area contributed by atoms with Crippen LogP contribution in [0.2, 0.25) is 0 Å². The van der Waals surface area contributed by atoms with Gasteiger partial charge in [-0.25, -0.2) is 4.98 Å². The molecule has 1 aromatic heterocycles. The van der Waals surface area contributed by atoms with Crippen molar-refractivity contribution in [3.63, 3.8) is 0 Å². The average molecular weight is 388 g/mol. The molecule has 2 fully saturated rings. The predicted octanol–water partition coefficient (Wildman–Crippen LogP) is 3.55. The lowest BCUT2D eigenvalue weighted by Gasteiger charge is -2.36. The van der Waals surface area contributed by atoms with E-state index in [4.69, 9.17) is 9.47 Å². The van der Waals surface area contributed by atoms with Crippen LogP contribution in [0.15, 0.2) is 23.6 Å². The van der Waals surface area contributed by atoms with Crippen molar-refractivity contribution in [3.05, 3.63) is 23.6 Å². The molecule has 27 heavy (non-hydrogen) atoms. The van der Waals surface area contributed by atoms with Crippen molar-refractivity contribution < 1.29 is 14.3 Å². The van der Waals surface area contributed by atoms with E-state index < -0.39 is 0 Å². The number of amides is 1. The van der Waals surface area contributed by atoms with E-state index in [9.17, 15) is 4.79 Å². The van der Waals surface area contributed by atoms with Crippen molar-refractivity contribution >= 4 is 22.4 Å². The lowest BCUT2D eigenvalue weighted by atomic mass is 9.68. The number of hydrogen-bond acceptors (Lipinski definition) is 6. The van der Waals surface area contributed by atoms with E-state index in [1.54, 1.807) is 14.2 Å². The number of ether oxygens (including phenoxy) is 2. The van der Waals surface area contributed by atoms with Gasteiger partial charge < -0.3 is 20.1 Å². The van der Waals surface area contributed by atoms with Crippen LogP contribution < -0.4 is 20.1 Å². The van der Waals surface area contributed by atoms with Crippen molar-refractivity contribution in [2.24, 2.45) is 11.3 Å². The quantitative estimate of drug-likeness (QED) is 0.821. The van der Waals surface area contributed by atoms with E-state index in [1.165, 1.54) is 17.8 Å². The minimum Gasteiger partial charge on any atom is -0.497 e. The fourth-order valence-corrected chi connectivity index (χ4v) is 5.09. The molecule has 2 atom stereocenters. The number of thiazole rings is 1. The molecule has 4 rings (SSSR count). The van der Waals surface area contributed by atoms with E-state index >= 15 is 0 Å². The van der Waals surface area contributed by atoms with E-state index in [0.29, 0.717) is 11.0 Å². The molecular weight excluding hydrogens is 362 g/mol. The molecule has 2 aromatic rings. The number of nitrogens with one attached hydrogen (secondary N) is 2. The average Bonchev–Trinajstić information content (AvgIpc) is 3.35. The summed E-state index contributed by atoms with van der Waals surface area (Å²) in [5, 5.41) is 9.08. The topological polar surface area (TPSA) is 72.5 Å². The summed E-state index contributed by atoms with van der Waals surface area (Å²) in [4.78, 5) is 17.8. The highest BCUT2D eigenvalue weighted by molar-refractivity contribution is 7.14. The lowest BCUT2D eigenvalue weighted by Crippen LogP contribution is -2.44. The maximum Gasteiger partial charge on any atom is 0.233 e. The second-order valence-corrected chi connectivity index (χ2v) is 8.15. The fraction of sp³-hybridized carbons (Fsp3) is 0.500. The zero-order valence-corrected chi connectivity index (χ0v) is 16.5. The van der Waals surface area contributed by atoms with Crippen molar-refractivity contribution in [2.45, 2.75) is 25.7 Å². The van der Waals surface area contributed by atoms with E-state index in [-0.39, 0.29) is 11.3 Å². The van der Waals surface area contributed by atoms with E-state index in [0.717, 1.165) is 55.1 Å². The van der Waals surface area contributed by atoms with Gasteiger partial charge in [-0.2, -0.15) is 0 Å². The molecule has 1 aromatic carbocycles. The largest absolute Gasteiger partial charge is 0.497 e. The molecule has 0 bridgehead atoms. The molecule has 2 heterocycles. The third-order valence-electron chi connectivity index (χ3n) is 5.90. The Morgan fingerprint density at radius 3 is 3.04 bits per heavy atom. The number of anilines is 1. The zero-order chi connectivity index (χ0) is 18.9. The van der Waals surface area contributed by atoms with Crippen LogP contribution in [0, 0.1) is 11.3 Å². The van der Waals surface area contributed by atoms with Gasteiger partial charge in [0.1, 0.15) is 11.5 Å². The number of carbonyl (C=O) groups is 1. The van der Waals surface area contributed by atoms with Gasteiger partial charge >= 0.3 is 0 Å². The molecule has 2 N–H and O–H groups in total. The maximum absolute atomic E-state index is 13.1. The smallest absolute Gasteiger partial charge is 0.233 e. The predicted molar refractivity (Wildman–Crippen MR) is 107 cm³/mol. The summed E-state index contributed by atoms with van der Waals surface area (Å²) in [6.07, 6.45) is 4.43. The standard InChI is InChI=1S/C20H25N3O3S/c1-25-14-6-7-17(26-2)15(9-14)16-11-27-19(22-16)23-18(24)20-8-4-3-5-13(20)10-21-12-20/h6-7,9,11,13,21H,3-5,8,10,12H2,1-2H3,(H,22,23,24)/t13-,20+/m0/s1. The first kappa shape index (κ1) is 18.3. The molecule has 0 spiro atoms. The molecule has 144 valence electrons. The molecule has 0 unspecified atom stereocenters. The number of aromatic nitrogens is 1. The van der Waals surface area contributed by atoms with Gasteiger partial charge in [0.15, 0.2) is 5.13 Å². The summed E-state index contributed by atoms with van der Waals surface area (Å²) in [5.41, 5.74) is 1.34. The maximum atomic E-state index is 13.1. The van der Waals surface area contributed by atoms with Crippen LogP contribution in [0.1, 0.15) is 25.7 Å². The molecule has 7 heteroatoms. The summed E-state index contributed by atoms with van der Waals surface area (Å²) in [6.45, 7) is 1.71. The SMILES string of the molecule is COc1ccc(OC)c(-c2csc(NC(=O)[C@@]34CCCC[C@H]3CNC4)n2)c1. The molecular formula is C20H25N3O3S. The minimum atomic E-state index is -0.280. The Kier molecular flexibility index (Phi) is 5.06. The van der Waals surface area contributed by atoms with Gasteiger partial charge in [0.2, 0.25) is 5.91 Å². The van der Waals surface area contributed by atoms with Crippen LogP contribution >= 0.6 is 11.3 Å². The number of benzene rings is 1. The van der Waals surface area contributed by atoms with Gasteiger partial charge in [0.05, 0.1) is 25.3 Å². The van der Waals surface area contributed by atoms with E-state index in [1.807, 2.05) is 23.6 Å². The van der Waals surface area contributed by atoms with Crippen LogP contribution in [-0.2, 0) is 4.79 Å². The zero-order valence-electron chi connectivity index (χ0n) is 15.7. The summed E-state index contributed by atoms with van der Waals surface area (Å²) < 4.78 is 10.8. The van der Waals surface area contributed by atoms with Crippen LogP contribution in [-0.4, -0.2) is 38.2 Å². The van der Waals surface area contributed by atoms with Crippen LogP contribution in [0.4, 0.5) is 5.13 Å². The van der Waals surface area contributed by atoms with Gasteiger partial charge in [-0.05, 0) is 43.5 Å². The second-order valence-electron chi connectivity index (χ2n) is 7.29. The van der Waals surface area contributed by atoms with Gasteiger partial charge in [0.25, 0.3) is 0 Å². The Labute approximate surface area is 163 Å². The Morgan fingerprint density at radius 1 is 1.33 bits per heavy atom. The Hall–Kier alpha value is -2.12. The number of methoxy groups -OCH3 is 2.